The fraction of sp³-hybridized carbons (Fsp3) is 0.476. The highest BCUT2D eigenvalue weighted by Crippen LogP contribution is 2.42. The molecule has 1 unspecified atom stereocenters. The molecule has 1 aromatic rings. The van der Waals surface area contributed by atoms with Crippen LogP contribution in [0.3, 0.4) is 0 Å². The zero-order chi connectivity index (χ0) is 17.5. The maximum absolute atomic E-state index is 8.75. The van der Waals surface area contributed by atoms with Gasteiger partial charge in [0, 0.05) is 42.4 Å². The molecule has 0 amide bonds. The van der Waals surface area contributed by atoms with Gasteiger partial charge in [-0.1, -0.05) is 49.6 Å². The monoisotopic (exact) mass is 310 g/mol. The third kappa shape index (κ3) is 3.26. The van der Waals surface area contributed by atoms with Crippen LogP contribution in [-0.4, -0.2) is 19.8 Å². The van der Waals surface area contributed by atoms with E-state index in [1.54, 1.807) is 0 Å². The van der Waals surface area contributed by atoms with E-state index in [1.807, 2.05) is 0 Å². The fourth-order valence-electron chi connectivity index (χ4n) is 3.28. The molecule has 1 aliphatic rings. The van der Waals surface area contributed by atoms with Crippen molar-refractivity contribution in [1.82, 2.24) is 0 Å². The molecule has 1 N–H and O–H groups in total. The van der Waals surface area contributed by atoms with Crippen molar-refractivity contribution in [2.45, 2.75) is 47.5 Å². The van der Waals surface area contributed by atoms with E-state index in [4.69, 9.17) is 5.41 Å². The molecule has 124 valence electrons. The Morgan fingerprint density at radius 3 is 2.13 bits per heavy atom. The molecule has 0 aromatic heterocycles. The molecule has 0 heterocycles. The van der Waals surface area contributed by atoms with Crippen molar-refractivity contribution in [2.75, 3.05) is 19.0 Å². The van der Waals surface area contributed by atoms with Crippen molar-refractivity contribution in [2.24, 2.45) is 5.41 Å². The Hall–Kier alpha value is -1.83. The Morgan fingerprint density at radius 2 is 1.70 bits per heavy atom. The number of nitrogens with one attached hydrogen (secondary N) is 1. The molecule has 1 aliphatic carbocycles. The maximum atomic E-state index is 8.75. The third-order valence-corrected chi connectivity index (χ3v) is 4.84. The second-order valence-corrected chi connectivity index (χ2v) is 7.98. The van der Waals surface area contributed by atoms with E-state index in [1.165, 1.54) is 22.3 Å². The van der Waals surface area contributed by atoms with Gasteiger partial charge in [-0.2, -0.15) is 0 Å². The standard InChI is InChI=1S/C21H30N2/c1-13-11-14(2)19(15(13)3)17-10-9-16(23(7)8)12-18(17)20(22)21(4,5)6/h9-12,19,22H,1-8H3. The SMILES string of the molecule is CC1=CC(C)=C(C)C1c1ccc(N(C)C)cc1C(=N)C(C)(C)C. The van der Waals surface area contributed by atoms with Crippen LogP contribution < -0.4 is 4.90 Å². The largest absolute Gasteiger partial charge is 0.378 e. The molecule has 23 heavy (non-hydrogen) atoms. The van der Waals surface area contributed by atoms with Crippen LogP contribution >= 0.6 is 0 Å². The summed E-state index contributed by atoms with van der Waals surface area (Å²) < 4.78 is 0. The molecular weight excluding hydrogens is 280 g/mol. The zero-order valence-electron chi connectivity index (χ0n) is 15.8. The van der Waals surface area contributed by atoms with E-state index < -0.39 is 0 Å². The van der Waals surface area contributed by atoms with Gasteiger partial charge in [0.25, 0.3) is 0 Å². The lowest BCUT2D eigenvalue weighted by molar-refractivity contribution is 0.587. The van der Waals surface area contributed by atoms with Crippen LogP contribution in [0, 0.1) is 10.8 Å². The number of hydrogen-bond donors (Lipinski definition) is 1. The third-order valence-electron chi connectivity index (χ3n) is 4.84. The van der Waals surface area contributed by atoms with Gasteiger partial charge in [-0.3, -0.25) is 0 Å². The van der Waals surface area contributed by atoms with Crippen molar-refractivity contribution < 1.29 is 0 Å². The summed E-state index contributed by atoms with van der Waals surface area (Å²) in [5.74, 6) is 0.309. The van der Waals surface area contributed by atoms with E-state index in [9.17, 15) is 0 Å². The maximum Gasteiger partial charge on any atom is 0.0443 e. The van der Waals surface area contributed by atoms with Crippen molar-refractivity contribution in [3.05, 3.63) is 52.1 Å². The number of rotatable bonds is 3. The Labute approximate surface area is 141 Å². The van der Waals surface area contributed by atoms with Gasteiger partial charge in [0.15, 0.2) is 0 Å². The highest BCUT2D eigenvalue weighted by Gasteiger charge is 2.29. The van der Waals surface area contributed by atoms with Crippen LogP contribution in [0.2, 0.25) is 0 Å². The normalized spacial score (nSPS) is 18.3. The summed E-state index contributed by atoms with van der Waals surface area (Å²) in [4.78, 5) is 2.11. The van der Waals surface area contributed by atoms with Crippen LogP contribution in [0.5, 0.6) is 0 Å². The van der Waals surface area contributed by atoms with Crippen LogP contribution in [0.1, 0.15) is 58.6 Å². The minimum Gasteiger partial charge on any atom is -0.378 e. The van der Waals surface area contributed by atoms with Gasteiger partial charge in [0.2, 0.25) is 0 Å². The summed E-state index contributed by atoms with van der Waals surface area (Å²) in [6, 6.07) is 6.56. The minimum absolute atomic E-state index is 0.164. The molecule has 0 spiro atoms. The molecule has 2 heteroatoms. The highest BCUT2D eigenvalue weighted by molar-refractivity contribution is 6.04. The van der Waals surface area contributed by atoms with E-state index in [0.717, 1.165) is 11.3 Å². The molecule has 0 aliphatic heterocycles. The molecule has 2 rings (SSSR count). The highest BCUT2D eigenvalue weighted by atomic mass is 15.1. The summed E-state index contributed by atoms with van der Waals surface area (Å²) in [6.45, 7) is 13.0. The molecule has 0 bridgehead atoms. The fourth-order valence-corrected chi connectivity index (χ4v) is 3.28. The molecule has 1 aromatic carbocycles. The Kier molecular flexibility index (Phi) is 4.57. The van der Waals surface area contributed by atoms with E-state index in [0.29, 0.717) is 11.6 Å². The molecule has 0 radical (unpaired) electrons. The molecule has 2 nitrogen and oxygen atoms in total. The Morgan fingerprint density at radius 1 is 1.09 bits per heavy atom. The summed E-state index contributed by atoms with van der Waals surface area (Å²) in [6.07, 6.45) is 2.28. The number of nitrogens with zero attached hydrogens (tertiary/aromatic N) is 1. The van der Waals surface area contributed by atoms with Gasteiger partial charge < -0.3 is 10.3 Å². The number of anilines is 1. The van der Waals surface area contributed by atoms with Gasteiger partial charge >= 0.3 is 0 Å². The first-order valence-electron chi connectivity index (χ1n) is 8.30. The first-order valence-corrected chi connectivity index (χ1v) is 8.30. The van der Waals surface area contributed by atoms with Crippen molar-refractivity contribution in [1.29, 1.82) is 5.41 Å². The summed E-state index contributed by atoms with van der Waals surface area (Å²) in [5.41, 5.74) is 8.18. The Bertz CT molecular complexity index is 697. The van der Waals surface area contributed by atoms with Crippen LogP contribution in [0.4, 0.5) is 5.69 Å². The lowest BCUT2D eigenvalue weighted by Gasteiger charge is -2.27. The van der Waals surface area contributed by atoms with Gasteiger partial charge in [0.1, 0.15) is 0 Å². The Balaban J connectivity index is 2.65. The van der Waals surface area contributed by atoms with Gasteiger partial charge in [-0.05, 0) is 38.5 Å². The molecule has 1 atom stereocenters. The van der Waals surface area contributed by atoms with Crippen molar-refractivity contribution >= 4 is 11.4 Å². The van der Waals surface area contributed by atoms with Crippen LogP contribution in [0.25, 0.3) is 0 Å². The first kappa shape index (κ1) is 17.5. The first-order chi connectivity index (χ1) is 10.5. The summed E-state index contributed by atoms with van der Waals surface area (Å²) >= 11 is 0. The van der Waals surface area contributed by atoms with Gasteiger partial charge in [-0.25, -0.2) is 0 Å². The summed E-state index contributed by atoms with van der Waals surface area (Å²) in [7, 11) is 4.10. The quantitative estimate of drug-likeness (QED) is 0.728. The average Bonchev–Trinajstić information content (AvgIpc) is 2.69. The van der Waals surface area contributed by atoms with E-state index in [-0.39, 0.29) is 5.41 Å². The van der Waals surface area contributed by atoms with E-state index in [2.05, 4.69) is 84.8 Å². The van der Waals surface area contributed by atoms with Crippen molar-refractivity contribution in [3.63, 3.8) is 0 Å². The molecular formula is C21H30N2. The molecule has 0 fully saturated rings. The zero-order valence-corrected chi connectivity index (χ0v) is 15.8. The topological polar surface area (TPSA) is 27.1 Å². The molecule has 0 saturated heterocycles. The lowest BCUT2D eigenvalue weighted by atomic mass is 9.78. The van der Waals surface area contributed by atoms with Crippen LogP contribution in [0.15, 0.2) is 41.0 Å². The van der Waals surface area contributed by atoms with Gasteiger partial charge in [-0.15, -0.1) is 0 Å². The summed E-state index contributed by atoms with van der Waals surface area (Å²) in [5, 5.41) is 8.75. The predicted molar refractivity (Wildman–Crippen MR) is 102 cm³/mol. The lowest BCUT2D eigenvalue weighted by Crippen LogP contribution is -2.23. The average molecular weight is 310 g/mol. The van der Waals surface area contributed by atoms with Gasteiger partial charge in [0.05, 0.1) is 0 Å². The molecule has 0 saturated carbocycles. The number of benzene rings is 1. The number of allylic oxidation sites excluding steroid dienone is 4. The second-order valence-electron chi connectivity index (χ2n) is 7.98. The predicted octanol–water partition coefficient (Wildman–Crippen LogP) is 5.55. The van der Waals surface area contributed by atoms with Crippen molar-refractivity contribution in [3.8, 4) is 0 Å². The van der Waals surface area contributed by atoms with Crippen LogP contribution in [-0.2, 0) is 0 Å². The minimum atomic E-state index is -0.164. The number of hydrogen-bond acceptors (Lipinski definition) is 2. The smallest absolute Gasteiger partial charge is 0.0443 e. The van der Waals surface area contributed by atoms with E-state index >= 15 is 0 Å². The second kappa shape index (κ2) is 5.99.